The lowest BCUT2D eigenvalue weighted by molar-refractivity contribution is -0.139. The Labute approximate surface area is 124 Å². The lowest BCUT2D eigenvalue weighted by atomic mass is 9.89. The first-order valence-electron chi connectivity index (χ1n) is 7.42. The average molecular weight is 290 g/mol. The summed E-state index contributed by atoms with van der Waals surface area (Å²) in [5, 5.41) is 9.30. The molecule has 5 nitrogen and oxygen atoms in total. The highest BCUT2D eigenvalue weighted by molar-refractivity contribution is 5.96. The van der Waals surface area contributed by atoms with Gasteiger partial charge in [-0.3, -0.25) is 9.59 Å². The minimum atomic E-state index is -0.836. The number of carbonyl (C=O) groups excluding carboxylic acids is 1. The van der Waals surface area contributed by atoms with E-state index in [2.05, 4.69) is 0 Å². The van der Waals surface area contributed by atoms with Gasteiger partial charge in [0.05, 0.1) is 5.92 Å². The van der Waals surface area contributed by atoms with Crippen LogP contribution in [0.2, 0.25) is 0 Å². The first-order valence-corrected chi connectivity index (χ1v) is 7.42. The molecule has 0 aliphatic carbocycles. The normalized spacial score (nSPS) is 19.0. The van der Waals surface area contributed by atoms with Gasteiger partial charge in [-0.1, -0.05) is 31.5 Å². The van der Waals surface area contributed by atoms with Gasteiger partial charge in [-0.05, 0) is 24.5 Å². The van der Waals surface area contributed by atoms with Crippen molar-refractivity contribution in [3.05, 3.63) is 29.8 Å². The van der Waals surface area contributed by atoms with E-state index in [1.54, 1.807) is 11.0 Å². The molecule has 0 bridgehead atoms. The van der Waals surface area contributed by atoms with Gasteiger partial charge in [-0.25, -0.2) is 0 Å². The molecule has 1 heterocycles. The molecule has 0 radical (unpaired) electrons. The van der Waals surface area contributed by atoms with E-state index < -0.39 is 11.9 Å². The van der Waals surface area contributed by atoms with Gasteiger partial charge in [0, 0.05) is 24.7 Å². The van der Waals surface area contributed by atoms with E-state index >= 15 is 0 Å². The molecule has 1 aromatic carbocycles. The summed E-state index contributed by atoms with van der Waals surface area (Å²) in [6.45, 7) is 2.48. The summed E-state index contributed by atoms with van der Waals surface area (Å²) in [5.74, 6) is -1.39. The molecule has 3 N–H and O–H groups in total. The van der Waals surface area contributed by atoms with Gasteiger partial charge in [-0.15, -0.1) is 0 Å². The minimum Gasteiger partial charge on any atom is -0.481 e. The van der Waals surface area contributed by atoms with Crippen molar-refractivity contribution in [3.63, 3.8) is 0 Å². The predicted octanol–water partition coefficient (Wildman–Crippen LogP) is 2.11. The van der Waals surface area contributed by atoms with E-state index in [0.29, 0.717) is 30.6 Å². The average Bonchev–Trinajstić information content (AvgIpc) is 2.45. The van der Waals surface area contributed by atoms with Crippen molar-refractivity contribution in [2.24, 2.45) is 5.73 Å². The third-order valence-corrected chi connectivity index (χ3v) is 3.94. The molecule has 5 heteroatoms. The van der Waals surface area contributed by atoms with Crippen LogP contribution in [0.5, 0.6) is 0 Å². The predicted molar refractivity (Wildman–Crippen MR) is 81.3 cm³/mol. The van der Waals surface area contributed by atoms with E-state index in [9.17, 15) is 14.7 Å². The number of amides is 1. The van der Waals surface area contributed by atoms with Crippen LogP contribution in [-0.2, 0) is 9.59 Å². The van der Waals surface area contributed by atoms with Crippen LogP contribution in [0.15, 0.2) is 24.3 Å². The molecule has 2 unspecified atom stereocenters. The number of carbonyl (C=O) groups is 2. The van der Waals surface area contributed by atoms with Crippen molar-refractivity contribution < 1.29 is 14.7 Å². The molecular formula is C16H22N2O3. The third-order valence-electron chi connectivity index (χ3n) is 3.94. The maximum atomic E-state index is 12.4. The summed E-state index contributed by atoms with van der Waals surface area (Å²) >= 11 is 0. The van der Waals surface area contributed by atoms with Crippen LogP contribution in [0.1, 0.15) is 44.1 Å². The number of hydrogen-bond donors (Lipinski definition) is 2. The number of para-hydroxylation sites is 1. The van der Waals surface area contributed by atoms with Crippen LogP contribution < -0.4 is 10.6 Å². The van der Waals surface area contributed by atoms with Crippen LogP contribution in [0, 0.1) is 0 Å². The van der Waals surface area contributed by atoms with Crippen molar-refractivity contribution in [1.29, 1.82) is 0 Å². The van der Waals surface area contributed by atoms with Crippen LogP contribution in [0.25, 0.3) is 0 Å². The number of carboxylic acids is 1. The summed E-state index contributed by atoms with van der Waals surface area (Å²) in [6, 6.07) is 7.11. The lowest BCUT2D eigenvalue weighted by Gasteiger charge is -2.33. The van der Waals surface area contributed by atoms with Crippen molar-refractivity contribution in [2.75, 3.05) is 11.4 Å². The maximum Gasteiger partial charge on any atom is 0.311 e. The van der Waals surface area contributed by atoms with Gasteiger partial charge in [0.25, 0.3) is 0 Å². The smallest absolute Gasteiger partial charge is 0.311 e. The Balaban J connectivity index is 2.21. The Bertz CT molecular complexity index is 530. The summed E-state index contributed by atoms with van der Waals surface area (Å²) in [5.41, 5.74) is 7.37. The first-order chi connectivity index (χ1) is 10.0. The molecule has 2 atom stereocenters. The highest BCUT2D eigenvalue weighted by Crippen LogP contribution is 2.35. The highest BCUT2D eigenvalue weighted by atomic mass is 16.4. The van der Waals surface area contributed by atoms with E-state index in [4.69, 9.17) is 5.73 Å². The molecular weight excluding hydrogens is 268 g/mol. The van der Waals surface area contributed by atoms with Crippen molar-refractivity contribution in [1.82, 2.24) is 0 Å². The quantitative estimate of drug-likeness (QED) is 0.870. The van der Waals surface area contributed by atoms with Crippen molar-refractivity contribution in [3.8, 4) is 0 Å². The summed E-state index contributed by atoms with van der Waals surface area (Å²) in [4.78, 5) is 25.4. The molecule has 0 saturated heterocycles. The second-order valence-corrected chi connectivity index (χ2v) is 5.54. The Morgan fingerprint density at radius 2 is 2.14 bits per heavy atom. The number of anilines is 1. The fourth-order valence-corrected chi connectivity index (χ4v) is 2.89. The molecule has 2 rings (SSSR count). The topological polar surface area (TPSA) is 83.6 Å². The number of rotatable bonds is 5. The Kier molecular flexibility index (Phi) is 4.96. The molecule has 1 aliphatic rings. The molecule has 0 aromatic heterocycles. The molecule has 0 spiro atoms. The number of benzene rings is 1. The van der Waals surface area contributed by atoms with E-state index in [0.717, 1.165) is 12.8 Å². The van der Waals surface area contributed by atoms with E-state index in [1.807, 2.05) is 25.1 Å². The number of aliphatic carboxylic acids is 1. The highest BCUT2D eigenvalue weighted by Gasteiger charge is 2.32. The van der Waals surface area contributed by atoms with Gasteiger partial charge in [-0.2, -0.15) is 0 Å². The lowest BCUT2D eigenvalue weighted by Crippen LogP contribution is -2.40. The molecule has 1 aliphatic heterocycles. The monoisotopic (exact) mass is 290 g/mol. The van der Waals surface area contributed by atoms with E-state index in [-0.39, 0.29) is 11.9 Å². The standard InChI is InChI=1S/C16H22N2O3/c1-2-5-11(17)10-15(19)18-9-8-13(16(20)21)12-6-3-4-7-14(12)18/h3-4,6-7,11,13H,2,5,8-10,17H2,1H3,(H,20,21). The molecule has 21 heavy (non-hydrogen) atoms. The van der Waals surface area contributed by atoms with E-state index in [1.165, 1.54) is 0 Å². The molecule has 114 valence electrons. The number of hydrogen-bond acceptors (Lipinski definition) is 3. The molecule has 1 amide bonds. The van der Waals surface area contributed by atoms with Crippen LogP contribution in [0.4, 0.5) is 5.69 Å². The third kappa shape index (κ3) is 3.42. The zero-order chi connectivity index (χ0) is 15.4. The van der Waals surface area contributed by atoms with Crippen LogP contribution in [-0.4, -0.2) is 29.6 Å². The zero-order valence-corrected chi connectivity index (χ0v) is 12.3. The van der Waals surface area contributed by atoms with Gasteiger partial charge in [0.1, 0.15) is 0 Å². The number of nitrogens with two attached hydrogens (primary N) is 1. The zero-order valence-electron chi connectivity index (χ0n) is 12.3. The Morgan fingerprint density at radius 1 is 1.43 bits per heavy atom. The maximum absolute atomic E-state index is 12.4. The summed E-state index contributed by atoms with van der Waals surface area (Å²) < 4.78 is 0. The fraction of sp³-hybridized carbons (Fsp3) is 0.500. The number of nitrogens with zero attached hydrogens (tertiary/aromatic N) is 1. The molecule has 1 aromatic rings. The van der Waals surface area contributed by atoms with Gasteiger partial charge >= 0.3 is 5.97 Å². The molecule has 0 fully saturated rings. The largest absolute Gasteiger partial charge is 0.481 e. The van der Waals surface area contributed by atoms with Crippen molar-refractivity contribution >= 4 is 17.6 Å². The summed E-state index contributed by atoms with van der Waals surface area (Å²) in [7, 11) is 0. The number of fused-ring (bicyclic) bond motifs is 1. The fourth-order valence-electron chi connectivity index (χ4n) is 2.89. The SMILES string of the molecule is CCCC(N)CC(=O)N1CCC(C(=O)O)c2ccccc21. The minimum absolute atomic E-state index is 0.0211. The summed E-state index contributed by atoms with van der Waals surface area (Å²) in [6.07, 6.45) is 2.52. The Hall–Kier alpha value is -1.88. The second kappa shape index (κ2) is 6.72. The van der Waals surface area contributed by atoms with Gasteiger partial charge in [0.2, 0.25) is 5.91 Å². The molecule has 0 saturated carbocycles. The van der Waals surface area contributed by atoms with Crippen molar-refractivity contribution in [2.45, 2.75) is 44.6 Å². The van der Waals surface area contributed by atoms with Crippen LogP contribution in [0.3, 0.4) is 0 Å². The Morgan fingerprint density at radius 3 is 2.81 bits per heavy atom. The van der Waals surface area contributed by atoms with Crippen LogP contribution >= 0.6 is 0 Å². The van der Waals surface area contributed by atoms with Gasteiger partial charge in [0.15, 0.2) is 0 Å². The van der Waals surface area contributed by atoms with Gasteiger partial charge < -0.3 is 15.7 Å². The first kappa shape index (κ1) is 15.5. The second-order valence-electron chi connectivity index (χ2n) is 5.54. The number of carboxylic acid groups (broad SMARTS) is 1.